The molecule has 1 heterocycles. The van der Waals surface area contributed by atoms with E-state index < -0.39 is 0 Å². The number of para-hydroxylation sites is 1. The van der Waals surface area contributed by atoms with Gasteiger partial charge in [-0.3, -0.25) is 4.79 Å². The lowest BCUT2D eigenvalue weighted by Crippen LogP contribution is -2.13. The normalized spacial score (nSPS) is 10.9. The molecule has 0 aliphatic heterocycles. The number of hydrogen-bond donors (Lipinski definition) is 1. The van der Waals surface area contributed by atoms with Gasteiger partial charge in [-0.15, -0.1) is 0 Å². The average molecular weight is 421 g/mol. The van der Waals surface area contributed by atoms with Crippen molar-refractivity contribution in [3.05, 3.63) is 94.0 Å². The number of aryl methyl sites for hydroxylation is 1. The smallest absolute Gasteiger partial charge is 0.256 e. The van der Waals surface area contributed by atoms with Crippen LogP contribution in [0.15, 0.2) is 72.8 Å². The number of aromatic nitrogens is 1. The van der Waals surface area contributed by atoms with Gasteiger partial charge in [-0.25, -0.2) is 4.98 Å². The van der Waals surface area contributed by atoms with Gasteiger partial charge in [0.05, 0.1) is 26.8 Å². The first-order valence-electron chi connectivity index (χ1n) is 9.30. The number of nitrogens with one attached hydrogen (secondary N) is 1. The van der Waals surface area contributed by atoms with Crippen LogP contribution in [0.5, 0.6) is 0 Å². The number of amides is 1. The predicted octanol–water partition coefficient (Wildman–Crippen LogP) is 7.02. The molecule has 0 saturated carbocycles. The van der Waals surface area contributed by atoms with Crippen molar-refractivity contribution in [3.63, 3.8) is 0 Å². The van der Waals surface area contributed by atoms with Crippen LogP contribution >= 0.6 is 23.2 Å². The number of carbonyl (C=O) groups excluding carboxylic acids is 1. The summed E-state index contributed by atoms with van der Waals surface area (Å²) in [6.45, 7) is 2.12. The number of benzene rings is 3. The first-order valence-corrected chi connectivity index (χ1v) is 10.1. The number of halogens is 2. The lowest BCUT2D eigenvalue weighted by molar-refractivity contribution is 0.102. The van der Waals surface area contributed by atoms with E-state index in [0.717, 1.165) is 28.6 Å². The van der Waals surface area contributed by atoms with Gasteiger partial charge in [0.1, 0.15) is 0 Å². The molecule has 0 saturated heterocycles. The minimum atomic E-state index is -0.228. The van der Waals surface area contributed by atoms with Gasteiger partial charge in [0.2, 0.25) is 0 Å². The number of anilines is 1. The number of hydrogen-bond acceptors (Lipinski definition) is 2. The molecule has 4 aromatic rings. The Kier molecular flexibility index (Phi) is 5.52. The molecule has 5 heteroatoms. The van der Waals surface area contributed by atoms with Crippen LogP contribution in [0.1, 0.15) is 22.8 Å². The molecule has 0 bridgehead atoms. The van der Waals surface area contributed by atoms with Gasteiger partial charge < -0.3 is 5.32 Å². The molecule has 4 rings (SSSR count). The van der Waals surface area contributed by atoms with Crippen LogP contribution in [0.4, 0.5) is 5.69 Å². The number of nitrogens with zero attached hydrogens (tertiary/aromatic N) is 1. The number of pyridine rings is 1. The maximum atomic E-state index is 13.1. The van der Waals surface area contributed by atoms with Gasteiger partial charge in [0, 0.05) is 16.6 Å². The molecule has 0 aliphatic carbocycles. The van der Waals surface area contributed by atoms with Gasteiger partial charge in [0.15, 0.2) is 0 Å². The van der Waals surface area contributed by atoms with Gasteiger partial charge in [-0.05, 0) is 42.3 Å². The largest absolute Gasteiger partial charge is 0.322 e. The van der Waals surface area contributed by atoms with Crippen LogP contribution in [0, 0.1) is 0 Å². The standard InChI is InChI=1S/C24H18Cl2N2O/c1-2-15-7-9-16(10-8-15)23-14-19(18-5-3-4-6-22(18)28-23)24(29)27-17-11-12-20(25)21(26)13-17/h3-14H,2H2,1H3,(H,27,29). The molecular weight excluding hydrogens is 403 g/mol. The molecule has 144 valence electrons. The van der Waals surface area contributed by atoms with E-state index in [9.17, 15) is 4.79 Å². The minimum Gasteiger partial charge on any atom is -0.322 e. The monoisotopic (exact) mass is 420 g/mol. The van der Waals surface area contributed by atoms with Gasteiger partial charge in [-0.2, -0.15) is 0 Å². The van der Waals surface area contributed by atoms with Crippen LogP contribution in [-0.4, -0.2) is 10.9 Å². The fourth-order valence-electron chi connectivity index (χ4n) is 3.19. The molecule has 0 unspecified atom stereocenters. The summed E-state index contributed by atoms with van der Waals surface area (Å²) < 4.78 is 0. The van der Waals surface area contributed by atoms with E-state index in [1.807, 2.05) is 42.5 Å². The molecule has 1 amide bonds. The molecule has 1 N–H and O–H groups in total. The van der Waals surface area contributed by atoms with E-state index in [1.165, 1.54) is 5.56 Å². The fourth-order valence-corrected chi connectivity index (χ4v) is 3.49. The van der Waals surface area contributed by atoms with E-state index in [4.69, 9.17) is 28.2 Å². The SMILES string of the molecule is CCc1ccc(-c2cc(C(=O)Nc3ccc(Cl)c(Cl)c3)c3ccccc3n2)cc1. The molecule has 0 radical (unpaired) electrons. The van der Waals surface area contributed by atoms with Crippen LogP contribution in [0.3, 0.4) is 0 Å². The highest BCUT2D eigenvalue weighted by atomic mass is 35.5. The third-order valence-corrected chi connectivity index (χ3v) is 5.54. The highest BCUT2D eigenvalue weighted by Crippen LogP contribution is 2.28. The zero-order chi connectivity index (χ0) is 20.4. The van der Waals surface area contributed by atoms with Crippen molar-refractivity contribution in [2.45, 2.75) is 13.3 Å². The Morgan fingerprint density at radius 1 is 0.931 bits per heavy atom. The van der Waals surface area contributed by atoms with E-state index >= 15 is 0 Å². The number of fused-ring (bicyclic) bond motifs is 1. The molecule has 29 heavy (non-hydrogen) atoms. The predicted molar refractivity (Wildman–Crippen MR) is 121 cm³/mol. The third-order valence-electron chi connectivity index (χ3n) is 4.80. The van der Waals surface area contributed by atoms with Crippen molar-refractivity contribution in [2.75, 3.05) is 5.32 Å². The quantitative estimate of drug-likeness (QED) is 0.385. The lowest BCUT2D eigenvalue weighted by Gasteiger charge is -2.11. The molecule has 1 aromatic heterocycles. The molecular formula is C24H18Cl2N2O. The second-order valence-electron chi connectivity index (χ2n) is 6.71. The van der Waals surface area contributed by atoms with E-state index in [0.29, 0.717) is 21.3 Å². The topological polar surface area (TPSA) is 42.0 Å². The van der Waals surface area contributed by atoms with Crippen LogP contribution in [-0.2, 0) is 6.42 Å². The summed E-state index contributed by atoms with van der Waals surface area (Å²) in [4.78, 5) is 17.9. The van der Waals surface area contributed by atoms with Crippen LogP contribution in [0.25, 0.3) is 22.2 Å². The summed E-state index contributed by atoms with van der Waals surface area (Å²) in [6.07, 6.45) is 0.975. The van der Waals surface area contributed by atoms with Crippen LogP contribution < -0.4 is 5.32 Å². The van der Waals surface area contributed by atoms with Crippen molar-refractivity contribution in [3.8, 4) is 11.3 Å². The average Bonchev–Trinajstić information content (AvgIpc) is 2.75. The van der Waals surface area contributed by atoms with Crippen molar-refractivity contribution >= 4 is 45.7 Å². The van der Waals surface area contributed by atoms with Gasteiger partial charge in [-0.1, -0.05) is 72.6 Å². The first kappa shape index (κ1) is 19.4. The lowest BCUT2D eigenvalue weighted by atomic mass is 10.0. The highest BCUT2D eigenvalue weighted by Gasteiger charge is 2.15. The maximum absolute atomic E-state index is 13.1. The first-order chi connectivity index (χ1) is 14.0. The van der Waals surface area contributed by atoms with Gasteiger partial charge in [0.25, 0.3) is 5.91 Å². The van der Waals surface area contributed by atoms with Gasteiger partial charge >= 0.3 is 0 Å². The Morgan fingerprint density at radius 2 is 1.69 bits per heavy atom. The molecule has 3 nitrogen and oxygen atoms in total. The summed E-state index contributed by atoms with van der Waals surface area (Å²) in [5.74, 6) is -0.228. The third kappa shape index (κ3) is 4.12. The Morgan fingerprint density at radius 3 is 2.41 bits per heavy atom. The maximum Gasteiger partial charge on any atom is 0.256 e. The zero-order valence-corrected chi connectivity index (χ0v) is 17.3. The van der Waals surface area contributed by atoms with E-state index in [-0.39, 0.29) is 5.91 Å². The highest BCUT2D eigenvalue weighted by molar-refractivity contribution is 6.42. The summed E-state index contributed by atoms with van der Waals surface area (Å²) in [6, 6.07) is 22.7. The minimum absolute atomic E-state index is 0.228. The Balaban J connectivity index is 1.77. The second kappa shape index (κ2) is 8.24. The van der Waals surface area contributed by atoms with Crippen molar-refractivity contribution in [1.29, 1.82) is 0 Å². The fraction of sp³-hybridized carbons (Fsp3) is 0.0833. The molecule has 0 fully saturated rings. The Labute approximate surface area is 179 Å². The number of carbonyl (C=O) groups is 1. The summed E-state index contributed by atoms with van der Waals surface area (Å²) in [5.41, 5.74) is 4.88. The van der Waals surface area contributed by atoms with Crippen molar-refractivity contribution < 1.29 is 4.79 Å². The summed E-state index contributed by atoms with van der Waals surface area (Å²) in [5, 5.41) is 4.53. The molecule has 0 atom stereocenters. The number of rotatable bonds is 4. The summed E-state index contributed by atoms with van der Waals surface area (Å²) >= 11 is 12.0. The second-order valence-corrected chi connectivity index (χ2v) is 7.52. The van der Waals surface area contributed by atoms with Crippen molar-refractivity contribution in [2.24, 2.45) is 0 Å². The van der Waals surface area contributed by atoms with Crippen molar-refractivity contribution in [1.82, 2.24) is 4.98 Å². The Bertz CT molecular complexity index is 1200. The summed E-state index contributed by atoms with van der Waals surface area (Å²) in [7, 11) is 0. The van der Waals surface area contributed by atoms with E-state index in [1.54, 1.807) is 18.2 Å². The van der Waals surface area contributed by atoms with E-state index in [2.05, 4.69) is 24.4 Å². The molecule has 0 aliphatic rings. The molecule has 3 aromatic carbocycles. The molecule has 0 spiro atoms. The Hall–Kier alpha value is -2.88. The van der Waals surface area contributed by atoms with Crippen LogP contribution in [0.2, 0.25) is 10.0 Å². The zero-order valence-electron chi connectivity index (χ0n) is 15.7.